The highest BCUT2D eigenvalue weighted by molar-refractivity contribution is 9.10. The van der Waals surface area contributed by atoms with E-state index in [4.69, 9.17) is 0 Å². The van der Waals surface area contributed by atoms with Crippen molar-refractivity contribution in [1.82, 2.24) is 10.3 Å². The monoisotopic (exact) mass is 310 g/mol. The minimum absolute atomic E-state index is 0.321. The van der Waals surface area contributed by atoms with Gasteiger partial charge in [-0.15, -0.1) is 11.3 Å². The molecule has 1 unspecified atom stereocenters. The summed E-state index contributed by atoms with van der Waals surface area (Å²) in [7, 11) is 0. The predicted molar refractivity (Wildman–Crippen MR) is 76.4 cm³/mol. The Kier molecular flexibility index (Phi) is 4.71. The van der Waals surface area contributed by atoms with Gasteiger partial charge in [0.15, 0.2) is 0 Å². The van der Waals surface area contributed by atoms with Crippen LogP contribution in [0.4, 0.5) is 0 Å². The SMILES string of the molecule is CCNC(Cc1nccs1)c1ccccc1Br. The summed E-state index contributed by atoms with van der Waals surface area (Å²) in [5, 5.41) is 6.71. The molecule has 1 aromatic carbocycles. The van der Waals surface area contributed by atoms with Gasteiger partial charge in [-0.2, -0.15) is 0 Å². The van der Waals surface area contributed by atoms with Gasteiger partial charge in [0, 0.05) is 28.5 Å². The third-order valence-corrected chi connectivity index (χ3v) is 4.12. The number of hydrogen-bond acceptors (Lipinski definition) is 3. The number of rotatable bonds is 5. The zero-order valence-corrected chi connectivity index (χ0v) is 12.1. The lowest BCUT2D eigenvalue weighted by atomic mass is 10.0. The lowest BCUT2D eigenvalue weighted by molar-refractivity contribution is 0.547. The number of benzene rings is 1. The number of halogens is 1. The molecule has 4 heteroatoms. The van der Waals surface area contributed by atoms with Crippen molar-refractivity contribution in [2.45, 2.75) is 19.4 Å². The topological polar surface area (TPSA) is 24.9 Å². The lowest BCUT2D eigenvalue weighted by Crippen LogP contribution is -2.23. The highest BCUT2D eigenvalue weighted by Crippen LogP contribution is 2.26. The van der Waals surface area contributed by atoms with Crippen molar-refractivity contribution < 1.29 is 0 Å². The van der Waals surface area contributed by atoms with Crippen LogP contribution in [0.1, 0.15) is 23.5 Å². The maximum Gasteiger partial charge on any atom is 0.0943 e. The molecule has 2 nitrogen and oxygen atoms in total. The Morgan fingerprint density at radius 2 is 2.24 bits per heavy atom. The molecule has 0 radical (unpaired) electrons. The van der Waals surface area contributed by atoms with Gasteiger partial charge in [0.25, 0.3) is 0 Å². The molecule has 2 rings (SSSR count). The summed E-state index contributed by atoms with van der Waals surface area (Å²) in [5.74, 6) is 0. The van der Waals surface area contributed by atoms with Crippen molar-refractivity contribution in [2.24, 2.45) is 0 Å². The molecule has 0 spiro atoms. The van der Waals surface area contributed by atoms with E-state index in [0.717, 1.165) is 17.4 Å². The van der Waals surface area contributed by atoms with Crippen LogP contribution in [0, 0.1) is 0 Å². The van der Waals surface area contributed by atoms with E-state index < -0.39 is 0 Å². The number of likely N-dealkylation sites (N-methyl/N-ethyl adjacent to an activating group) is 1. The van der Waals surface area contributed by atoms with Crippen molar-refractivity contribution in [3.63, 3.8) is 0 Å². The van der Waals surface area contributed by atoms with Gasteiger partial charge in [-0.05, 0) is 18.2 Å². The molecule has 0 amide bonds. The first kappa shape index (κ1) is 12.7. The third kappa shape index (κ3) is 3.37. The minimum Gasteiger partial charge on any atom is -0.310 e. The molecule has 1 aromatic heterocycles. The van der Waals surface area contributed by atoms with Crippen LogP contribution >= 0.6 is 27.3 Å². The average molecular weight is 311 g/mol. The zero-order valence-electron chi connectivity index (χ0n) is 9.69. The second kappa shape index (κ2) is 6.28. The molecule has 1 heterocycles. The second-order valence-electron chi connectivity index (χ2n) is 3.76. The van der Waals surface area contributed by atoms with E-state index >= 15 is 0 Å². The van der Waals surface area contributed by atoms with Gasteiger partial charge >= 0.3 is 0 Å². The van der Waals surface area contributed by atoms with Gasteiger partial charge in [0.1, 0.15) is 0 Å². The first-order valence-electron chi connectivity index (χ1n) is 5.67. The fourth-order valence-corrected chi connectivity index (χ4v) is 3.05. The van der Waals surface area contributed by atoms with Crippen molar-refractivity contribution in [2.75, 3.05) is 6.54 Å². The van der Waals surface area contributed by atoms with Gasteiger partial charge in [-0.3, -0.25) is 0 Å². The van der Waals surface area contributed by atoms with Crippen molar-refractivity contribution in [3.8, 4) is 0 Å². The molecule has 1 N–H and O–H groups in total. The molecular formula is C13H15BrN2S. The minimum atomic E-state index is 0.321. The number of nitrogens with zero attached hydrogens (tertiary/aromatic N) is 1. The standard InChI is InChI=1S/C13H15BrN2S/c1-2-15-12(9-13-16-7-8-17-13)10-5-3-4-6-11(10)14/h3-8,12,15H,2,9H2,1H3. The molecule has 0 aliphatic heterocycles. The highest BCUT2D eigenvalue weighted by atomic mass is 79.9. The Bertz CT molecular complexity index is 456. The van der Waals surface area contributed by atoms with E-state index in [1.54, 1.807) is 11.3 Å². The molecule has 1 atom stereocenters. The predicted octanol–water partition coefficient (Wildman–Crippen LogP) is 3.80. The number of thiazole rings is 1. The smallest absolute Gasteiger partial charge is 0.0943 e. The van der Waals surface area contributed by atoms with E-state index in [-0.39, 0.29) is 0 Å². The summed E-state index contributed by atoms with van der Waals surface area (Å²) in [6, 6.07) is 8.68. The van der Waals surface area contributed by atoms with E-state index in [1.807, 2.05) is 17.6 Å². The van der Waals surface area contributed by atoms with Crippen LogP contribution in [0.5, 0.6) is 0 Å². The zero-order chi connectivity index (χ0) is 12.1. The Hall–Kier alpha value is -0.710. The summed E-state index contributed by atoms with van der Waals surface area (Å²) in [4.78, 5) is 4.36. The van der Waals surface area contributed by atoms with Crippen LogP contribution in [0.25, 0.3) is 0 Å². The van der Waals surface area contributed by atoms with Gasteiger partial charge < -0.3 is 5.32 Å². The van der Waals surface area contributed by atoms with Gasteiger partial charge in [-0.25, -0.2) is 4.98 Å². The van der Waals surface area contributed by atoms with Crippen LogP contribution in [0.3, 0.4) is 0 Å². The summed E-state index contributed by atoms with van der Waals surface area (Å²) in [6.07, 6.45) is 2.80. The van der Waals surface area contributed by atoms with E-state index in [2.05, 4.69) is 51.4 Å². The molecule has 0 aliphatic rings. The average Bonchev–Trinajstić information content (AvgIpc) is 2.82. The van der Waals surface area contributed by atoms with E-state index in [1.165, 1.54) is 10.6 Å². The Balaban J connectivity index is 2.20. The van der Waals surface area contributed by atoms with Crippen LogP contribution in [-0.4, -0.2) is 11.5 Å². The fraction of sp³-hybridized carbons (Fsp3) is 0.308. The molecule has 17 heavy (non-hydrogen) atoms. The molecule has 0 aliphatic carbocycles. The van der Waals surface area contributed by atoms with Gasteiger partial charge in [0.2, 0.25) is 0 Å². The van der Waals surface area contributed by atoms with Gasteiger partial charge in [0.05, 0.1) is 5.01 Å². The summed E-state index contributed by atoms with van der Waals surface area (Å²) < 4.78 is 1.16. The molecule has 0 saturated heterocycles. The van der Waals surface area contributed by atoms with Crippen LogP contribution < -0.4 is 5.32 Å². The lowest BCUT2D eigenvalue weighted by Gasteiger charge is -2.18. The molecule has 90 valence electrons. The van der Waals surface area contributed by atoms with Crippen molar-refractivity contribution in [1.29, 1.82) is 0 Å². The van der Waals surface area contributed by atoms with Crippen molar-refractivity contribution >= 4 is 27.3 Å². The van der Waals surface area contributed by atoms with Crippen LogP contribution in [0.15, 0.2) is 40.3 Å². The maximum absolute atomic E-state index is 4.36. The largest absolute Gasteiger partial charge is 0.310 e. The van der Waals surface area contributed by atoms with E-state index in [0.29, 0.717) is 6.04 Å². The molecule has 2 aromatic rings. The normalized spacial score (nSPS) is 12.6. The van der Waals surface area contributed by atoms with Crippen molar-refractivity contribution in [3.05, 3.63) is 50.9 Å². The first-order valence-corrected chi connectivity index (χ1v) is 7.34. The van der Waals surface area contributed by atoms with Gasteiger partial charge in [-0.1, -0.05) is 41.1 Å². The molecule has 0 bridgehead atoms. The van der Waals surface area contributed by atoms with Crippen LogP contribution in [0.2, 0.25) is 0 Å². The Morgan fingerprint density at radius 1 is 1.41 bits per heavy atom. The molecule has 0 saturated carbocycles. The second-order valence-corrected chi connectivity index (χ2v) is 5.60. The summed E-state index contributed by atoms with van der Waals surface area (Å²) in [5.41, 5.74) is 1.30. The fourth-order valence-electron chi connectivity index (χ4n) is 1.82. The summed E-state index contributed by atoms with van der Waals surface area (Å²) in [6.45, 7) is 3.09. The molecular weight excluding hydrogens is 296 g/mol. The maximum atomic E-state index is 4.36. The Labute approximate surface area is 114 Å². The third-order valence-electron chi connectivity index (χ3n) is 2.59. The first-order chi connectivity index (χ1) is 8.31. The highest BCUT2D eigenvalue weighted by Gasteiger charge is 2.14. The quantitative estimate of drug-likeness (QED) is 0.908. The summed E-state index contributed by atoms with van der Waals surface area (Å²) >= 11 is 5.33. The number of nitrogens with one attached hydrogen (secondary N) is 1. The van der Waals surface area contributed by atoms with Crippen LogP contribution in [-0.2, 0) is 6.42 Å². The Morgan fingerprint density at radius 3 is 2.88 bits per heavy atom. The number of hydrogen-bond donors (Lipinski definition) is 1. The van der Waals surface area contributed by atoms with E-state index in [9.17, 15) is 0 Å². The number of aromatic nitrogens is 1. The molecule has 0 fully saturated rings.